The van der Waals surface area contributed by atoms with Crippen molar-refractivity contribution in [1.29, 1.82) is 0 Å². The van der Waals surface area contributed by atoms with Gasteiger partial charge in [-0.2, -0.15) is 0 Å². The van der Waals surface area contributed by atoms with Crippen LogP contribution < -0.4 is 0 Å². The van der Waals surface area contributed by atoms with Crippen molar-refractivity contribution >= 4 is 54.4 Å². The van der Waals surface area contributed by atoms with E-state index in [1.165, 1.54) is 99.1 Å². The molecule has 0 spiro atoms. The van der Waals surface area contributed by atoms with Crippen molar-refractivity contribution in [3.8, 4) is 44.8 Å². The first kappa shape index (κ1) is 25.7. The van der Waals surface area contributed by atoms with E-state index in [-0.39, 0.29) is 0 Å². The summed E-state index contributed by atoms with van der Waals surface area (Å²) in [7, 11) is 0. The summed E-state index contributed by atoms with van der Waals surface area (Å²) in [5.41, 5.74) is 14.6. The third-order valence-corrected chi connectivity index (χ3v) is 10.3. The average molecular weight is 610 g/mol. The second kappa shape index (κ2) is 9.54. The summed E-state index contributed by atoms with van der Waals surface area (Å²) in [5.74, 6) is 0. The van der Waals surface area contributed by atoms with Gasteiger partial charge in [-0.25, -0.2) is 0 Å². The Morgan fingerprint density at radius 1 is 0.375 bits per heavy atom. The lowest BCUT2D eigenvalue weighted by Gasteiger charge is -2.12. The van der Waals surface area contributed by atoms with Crippen LogP contribution in [0.1, 0.15) is 0 Å². The van der Waals surface area contributed by atoms with Crippen LogP contribution >= 0.6 is 0 Å². The molecule has 0 saturated carbocycles. The quantitative estimate of drug-likeness (QED) is 0.195. The number of rotatable bonds is 3. The summed E-state index contributed by atoms with van der Waals surface area (Å²) in [6, 6.07) is 55.6. The maximum Gasteiger partial charge on any atom is 0.0547 e. The topological polar surface area (TPSA) is 22.8 Å². The molecule has 1 aliphatic rings. The number of fused-ring (bicyclic) bond motifs is 9. The van der Waals surface area contributed by atoms with E-state index >= 15 is 0 Å². The van der Waals surface area contributed by atoms with Crippen molar-refractivity contribution in [3.05, 3.63) is 164 Å². The minimum Gasteiger partial charge on any atom is -0.309 e. The Kier molecular flexibility index (Phi) is 5.11. The molecule has 0 radical (unpaired) electrons. The van der Waals surface area contributed by atoms with Crippen LogP contribution in [0.5, 0.6) is 0 Å². The first-order chi connectivity index (χ1) is 23.8. The molecule has 1 aliphatic carbocycles. The van der Waals surface area contributed by atoms with E-state index in [2.05, 4.69) is 166 Å². The normalized spacial score (nSPS) is 12.2. The third kappa shape index (κ3) is 3.45. The molecule has 0 N–H and O–H groups in total. The van der Waals surface area contributed by atoms with Gasteiger partial charge in [-0.05, 0) is 99.3 Å². The van der Waals surface area contributed by atoms with Gasteiger partial charge in [-0.1, -0.05) is 91.0 Å². The molecular weight excluding hydrogens is 583 g/mol. The maximum atomic E-state index is 4.46. The fraction of sp³-hybridized carbons (Fsp3) is 0. The van der Waals surface area contributed by atoms with Crippen LogP contribution in [0.4, 0.5) is 0 Å². The predicted octanol–water partition coefficient (Wildman–Crippen LogP) is 11.7. The molecule has 10 aromatic rings. The highest BCUT2D eigenvalue weighted by atomic mass is 15.0. The van der Waals surface area contributed by atoms with Gasteiger partial charge < -0.3 is 9.13 Å². The largest absolute Gasteiger partial charge is 0.309 e. The zero-order chi connectivity index (χ0) is 31.3. The van der Waals surface area contributed by atoms with Crippen LogP contribution in [0.2, 0.25) is 0 Å². The van der Waals surface area contributed by atoms with Gasteiger partial charge in [0.2, 0.25) is 0 Å². The standard InChI is InChI=1S/C45H27N3/c1-2-10-31(11-3-1)47-41-15-6-4-12-34(41)36-19-17-29(25-44(36)47)28-18-20-43-38(24-28)35-13-5-7-16-42(35)48(43)32-23-30-9-8-14-37-40-27-46-22-21-33(40)39(26-32)45(30)37/h1-27H. The first-order valence-electron chi connectivity index (χ1n) is 16.5. The lowest BCUT2D eigenvalue weighted by atomic mass is 10.0. The smallest absolute Gasteiger partial charge is 0.0547 e. The number of benzene rings is 7. The minimum atomic E-state index is 1.17. The summed E-state index contributed by atoms with van der Waals surface area (Å²) in [6.07, 6.45) is 3.91. The Balaban J connectivity index is 1.14. The Morgan fingerprint density at radius 3 is 1.92 bits per heavy atom. The molecule has 0 bridgehead atoms. The van der Waals surface area contributed by atoms with E-state index < -0.39 is 0 Å². The Morgan fingerprint density at radius 2 is 1.06 bits per heavy atom. The number of aromatic nitrogens is 3. The van der Waals surface area contributed by atoms with Crippen LogP contribution in [0.25, 0.3) is 99.1 Å². The zero-order valence-corrected chi connectivity index (χ0v) is 25.9. The van der Waals surface area contributed by atoms with E-state index in [0.717, 1.165) is 0 Å². The zero-order valence-electron chi connectivity index (χ0n) is 25.9. The highest BCUT2D eigenvalue weighted by Gasteiger charge is 2.23. The molecule has 0 unspecified atom stereocenters. The monoisotopic (exact) mass is 609 g/mol. The van der Waals surface area contributed by atoms with Gasteiger partial charge in [0.05, 0.1) is 22.1 Å². The molecule has 0 atom stereocenters. The van der Waals surface area contributed by atoms with Gasteiger partial charge in [0.15, 0.2) is 0 Å². The summed E-state index contributed by atoms with van der Waals surface area (Å²) in [4.78, 5) is 4.46. The van der Waals surface area contributed by atoms with Crippen LogP contribution in [-0.2, 0) is 0 Å². The van der Waals surface area contributed by atoms with Gasteiger partial charge >= 0.3 is 0 Å². The molecular formula is C45H27N3. The van der Waals surface area contributed by atoms with Crippen molar-refractivity contribution in [2.24, 2.45) is 0 Å². The van der Waals surface area contributed by atoms with E-state index in [1.807, 2.05) is 12.4 Å². The van der Waals surface area contributed by atoms with Gasteiger partial charge in [-0.15, -0.1) is 0 Å². The van der Waals surface area contributed by atoms with Crippen LogP contribution in [0, 0.1) is 0 Å². The summed E-state index contributed by atoms with van der Waals surface area (Å²) >= 11 is 0. The average Bonchev–Trinajstić information content (AvgIpc) is 3.78. The van der Waals surface area contributed by atoms with Crippen LogP contribution in [0.3, 0.4) is 0 Å². The van der Waals surface area contributed by atoms with Crippen molar-refractivity contribution in [2.45, 2.75) is 0 Å². The molecule has 0 amide bonds. The number of hydrogen-bond donors (Lipinski definition) is 0. The molecule has 0 saturated heterocycles. The molecule has 222 valence electrons. The SMILES string of the molecule is c1ccc(-n2c3ccccc3c3ccc(-c4ccc5c(c4)c4ccccc4n5-c4cc5c6c(cccc6c4)-c4cnccc4-5)cc32)cc1. The predicted molar refractivity (Wildman–Crippen MR) is 200 cm³/mol. The van der Waals surface area contributed by atoms with Gasteiger partial charge in [-0.3, -0.25) is 4.98 Å². The van der Waals surface area contributed by atoms with Crippen molar-refractivity contribution in [3.63, 3.8) is 0 Å². The van der Waals surface area contributed by atoms with Crippen LogP contribution in [-0.4, -0.2) is 14.1 Å². The van der Waals surface area contributed by atoms with E-state index in [1.54, 1.807) is 0 Å². The lowest BCUT2D eigenvalue weighted by Crippen LogP contribution is -1.95. The maximum absolute atomic E-state index is 4.46. The van der Waals surface area contributed by atoms with E-state index in [0.29, 0.717) is 0 Å². The first-order valence-corrected chi connectivity index (χ1v) is 16.5. The molecule has 48 heavy (non-hydrogen) atoms. The Hall–Kier alpha value is -6.45. The van der Waals surface area contributed by atoms with E-state index in [9.17, 15) is 0 Å². The molecule has 3 aromatic heterocycles. The molecule has 3 heteroatoms. The molecule has 0 fully saturated rings. The highest BCUT2D eigenvalue weighted by molar-refractivity contribution is 6.17. The summed E-state index contributed by atoms with van der Waals surface area (Å²) in [6.45, 7) is 0. The highest BCUT2D eigenvalue weighted by Crippen LogP contribution is 2.48. The summed E-state index contributed by atoms with van der Waals surface area (Å²) < 4.78 is 4.83. The van der Waals surface area contributed by atoms with E-state index in [4.69, 9.17) is 0 Å². The van der Waals surface area contributed by atoms with Gasteiger partial charge in [0, 0.05) is 50.9 Å². The van der Waals surface area contributed by atoms with Crippen molar-refractivity contribution in [1.82, 2.24) is 14.1 Å². The molecule has 3 nitrogen and oxygen atoms in total. The molecule has 7 aromatic carbocycles. The minimum absolute atomic E-state index is 1.17. The second-order valence-electron chi connectivity index (χ2n) is 12.8. The number of nitrogens with zero attached hydrogens (tertiary/aromatic N) is 3. The third-order valence-electron chi connectivity index (χ3n) is 10.3. The fourth-order valence-corrected chi connectivity index (χ4v) is 8.26. The molecule has 3 heterocycles. The van der Waals surface area contributed by atoms with Gasteiger partial charge in [0.25, 0.3) is 0 Å². The Bertz CT molecular complexity index is 2940. The second-order valence-corrected chi connectivity index (χ2v) is 12.8. The fourth-order valence-electron chi connectivity index (χ4n) is 8.26. The van der Waals surface area contributed by atoms with Crippen molar-refractivity contribution < 1.29 is 0 Å². The lowest BCUT2D eigenvalue weighted by molar-refractivity contribution is 1.18. The summed E-state index contributed by atoms with van der Waals surface area (Å²) in [5, 5.41) is 7.61. The molecule has 11 rings (SSSR count). The van der Waals surface area contributed by atoms with Crippen molar-refractivity contribution in [2.75, 3.05) is 0 Å². The van der Waals surface area contributed by atoms with Crippen LogP contribution in [0.15, 0.2) is 164 Å². The number of hydrogen-bond acceptors (Lipinski definition) is 1. The number of para-hydroxylation sites is 3. The Labute approximate surface area is 276 Å². The number of pyridine rings is 1. The molecule has 0 aliphatic heterocycles. The van der Waals surface area contributed by atoms with Gasteiger partial charge in [0.1, 0.15) is 0 Å².